The Morgan fingerprint density at radius 2 is 1.66 bits per heavy atom. The van der Waals surface area contributed by atoms with E-state index in [9.17, 15) is 45.1 Å². The highest BCUT2D eigenvalue weighted by molar-refractivity contribution is 7.92. The van der Waals surface area contributed by atoms with Gasteiger partial charge in [0.15, 0.2) is 9.84 Å². The molecule has 6 rings (SSSR count). The molecule has 0 radical (unpaired) electrons. The summed E-state index contributed by atoms with van der Waals surface area (Å²) in [6.07, 6.45) is -2.28. The Kier molecular flexibility index (Phi) is 8.34. The van der Waals surface area contributed by atoms with Crippen LogP contribution in [0.1, 0.15) is 67.2 Å². The standard InChI is InChI=1S/C34H32F5NO6S/c35-22-8-11-24(12-9-22)47(44,45)33-17-18-40(30(41)32(31(42)43)15-2-1-3-16-32)29(33)14-7-21-19-23(10-13-26(21)33)46-20-25-27(34(37,38)39)5-4-6-28(25)36/h4-6,8-13,19,29H,1-3,7,14-18,20H2,(H,42,43)/t29-,33-/m1/s1. The van der Waals surface area contributed by atoms with Crippen molar-refractivity contribution in [3.05, 3.63) is 94.6 Å². The molecule has 0 unspecified atom stereocenters. The molecule has 47 heavy (non-hydrogen) atoms. The first kappa shape index (κ1) is 32.9. The van der Waals surface area contributed by atoms with Crippen molar-refractivity contribution in [2.75, 3.05) is 6.54 Å². The molecular weight excluding hydrogens is 645 g/mol. The number of halogens is 5. The lowest BCUT2D eigenvalue weighted by atomic mass is 9.72. The van der Waals surface area contributed by atoms with Crippen LogP contribution in [0.2, 0.25) is 0 Å². The van der Waals surface area contributed by atoms with Crippen LogP contribution in [-0.2, 0) is 43.4 Å². The first-order valence-electron chi connectivity index (χ1n) is 15.4. The van der Waals surface area contributed by atoms with Crippen LogP contribution < -0.4 is 4.74 Å². The number of benzene rings is 3. The van der Waals surface area contributed by atoms with Gasteiger partial charge in [0.05, 0.1) is 16.5 Å². The van der Waals surface area contributed by atoms with E-state index in [0.717, 1.165) is 48.9 Å². The van der Waals surface area contributed by atoms with E-state index in [4.69, 9.17) is 4.74 Å². The van der Waals surface area contributed by atoms with Gasteiger partial charge in [0.25, 0.3) is 0 Å². The van der Waals surface area contributed by atoms with Crippen molar-refractivity contribution < 1.29 is 49.8 Å². The normalized spacial score (nSPS) is 22.3. The predicted octanol–water partition coefficient (Wildman–Crippen LogP) is 6.81. The molecule has 1 aliphatic heterocycles. The number of aryl methyl sites for hydroxylation is 1. The van der Waals surface area contributed by atoms with Crippen molar-refractivity contribution >= 4 is 21.7 Å². The zero-order valence-corrected chi connectivity index (χ0v) is 26.0. The quantitative estimate of drug-likeness (QED) is 0.168. The smallest absolute Gasteiger partial charge is 0.416 e. The number of alkyl halides is 3. The summed E-state index contributed by atoms with van der Waals surface area (Å²) in [5.74, 6) is -3.48. The summed E-state index contributed by atoms with van der Waals surface area (Å²) in [5.41, 5.74) is -2.65. The van der Waals surface area contributed by atoms with Crippen molar-refractivity contribution in [2.45, 2.75) is 79.8 Å². The third-order valence-electron chi connectivity index (χ3n) is 10.1. The number of amides is 1. The highest BCUT2D eigenvalue weighted by Gasteiger charge is 2.63. The van der Waals surface area contributed by atoms with Crippen LogP contribution in [0.4, 0.5) is 22.0 Å². The van der Waals surface area contributed by atoms with E-state index >= 15 is 0 Å². The summed E-state index contributed by atoms with van der Waals surface area (Å²) in [5, 5.41) is 10.2. The minimum absolute atomic E-state index is 0.0237. The van der Waals surface area contributed by atoms with E-state index < -0.39 is 73.5 Å². The maximum atomic E-state index is 14.6. The van der Waals surface area contributed by atoms with E-state index in [0.29, 0.717) is 24.0 Å². The summed E-state index contributed by atoms with van der Waals surface area (Å²) in [6, 6.07) is 10.4. The van der Waals surface area contributed by atoms with Crippen molar-refractivity contribution in [3.8, 4) is 5.75 Å². The van der Waals surface area contributed by atoms with Crippen LogP contribution in [-0.4, -0.2) is 42.9 Å². The Balaban J connectivity index is 1.41. The van der Waals surface area contributed by atoms with Gasteiger partial charge >= 0.3 is 12.1 Å². The fraction of sp³-hybridized carbons (Fsp3) is 0.412. The van der Waals surface area contributed by atoms with Crippen LogP contribution in [0.3, 0.4) is 0 Å². The van der Waals surface area contributed by atoms with Crippen molar-refractivity contribution in [1.29, 1.82) is 0 Å². The number of fused-ring (bicyclic) bond motifs is 3. The fourth-order valence-electron chi connectivity index (χ4n) is 7.74. The zero-order valence-electron chi connectivity index (χ0n) is 25.2. The van der Waals surface area contributed by atoms with Gasteiger partial charge in [-0.05, 0) is 91.8 Å². The fourth-order valence-corrected chi connectivity index (χ4v) is 10.1. The molecule has 0 bridgehead atoms. The molecule has 13 heteroatoms. The molecule has 2 fully saturated rings. The number of ether oxygens (including phenoxy) is 1. The molecule has 0 aromatic heterocycles. The van der Waals surface area contributed by atoms with E-state index in [1.807, 2.05) is 0 Å². The van der Waals surface area contributed by atoms with Gasteiger partial charge in [-0.25, -0.2) is 17.2 Å². The van der Waals surface area contributed by atoms with Gasteiger partial charge in [-0.15, -0.1) is 0 Å². The molecule has 3 aromatic rings. The molecule has 1 saturated carbocycles. The zero-order chi connectivity index (χ0) is 33.8. The van der Waals surface area contributed by atoms with Crippen LogP contribution in [0.5, 0.6) is 5.75 Å². The number of likely N-dealkylation sites (tertiary alicyclic amines) is 1. The molecule has 7 nitrogen and oxygen atoms in total. The Morgan fingerprint density at radius 1 is 0.957 bits per heavy atom. The second kappa shape index (κ2) is 11.9. The van der Waals surface area contributed by atoms with Crippen LogP contribution in [0.25, 0.3) is 0 Å². The molecule has 2 atom stereocenters. The first-order valence-corrected chi connectivity index (χ1v) is 16.9. The lowest BCUT2D eigenvalue weighted by molar-refractivity contribution is -0.164. The van der Waals surface area contributed by atoms with Crippen molar-refractivity contribution in [2.24, 2.45) is 5.41 Å². The summed E-state index contributed by atoms with van der Waals surface area (Å²) in [7, 11) is -4.35. The number of carbonyl (C=O) groups is 2. The Hall–Kier alpha value is -4.00. The largest absolute Gasteiger partial charge is 0.489 e. The number of carboxylic acid groups (broad SMARTS) is 1. The Morgan fingerprint density at radius 3 is 2.32 bits per heavy atom. The minimum Gasteiger partial charge on any atom is -0.489 e. The maximum Gasteiger partial charge on any atom is 0.416 e. The topological polar surface area (TPSA) is 101 Å². The lowest BCUT2D eigenvalue weighted by Gasteiger charge is -2.44. The molecule has 1 N–H and O–H groups in total. The van der Waals surface area contributed by atoms with Crippen LogP contribution in [0, 0.1) is 17.0 Å². The number of aliphatic carboxylic acids is 1. The SMILES string of the molecule is O=C(O)C1(C(=O)N2CC[C@@]3(S(=O)(=O)c4ccc(F)cc4)c4ccc(OCc5c(F)cccc5C(F)(F)F)cc4CC[C@@H]23)CCCCC1. The number of sulfone groups is 1. The van der Waals surface area contributed by atoms with E-state index in [1.54, 1.807) is 0 Å². The number of hydrogen-bond donors (Lipinski definition) is 1. The number of carboxylic acids is 1. The second-order valence-electron chi connectivity index (χ2n) is 12.5. The summed E-state index contributed by atoms with van der Waals surface area (Å²) in [6.45, 7) is -0.758. The van der Waals surface area contributed by atoms with Gasteiger partial charge in [-0.2, -0.15) is 13.2 Å². The van der Waals surface area contributed by atoms with Gasteiger partial charge < -0.3 is 14.7 Å². The molecule has 1 saturated heterocycles. The van der Waals surface area contributed by atoms with Crippen LogP contribution in [0.15, 0.2) is 65.6 Å². The molecule has 2 aliphatic carbocycles. The average molecular weight is 678 g/mol. The number of rotatable bonds is 7. The third-order valence-corrected chi connectivity index (χ3v) is 12.6. The average Bonchev–Trinajstić information content (AvgIpc) is 3.45. The molecular formula is C34H32F5NO6S. The molecule has 1 amide bonds. The minimum atomic E-state index is -4.81. The molecule has 0 spiro atoms. The number of nitrogens with zero attached hydrogens (tertiary/aromatic N) is 1. The van der Waals surface area contributed by atoms with Gasteiger partial charge in [0, 0.05) is 12.1 Å². The monoisotopic (exact) mass is 677 g/mol. The molecule has 3 aromatic carbocycles. The lowest BCUT2D eigenvalue weighted by Crippen LogP contribution is -2.56. The molecule has 250 valence electrons. The van der Waals surface area contributed by atoms with Gasteiger partial charge in [0.1, 0.15) is 34.2 Å². The number of hydrogen-bond acceptors (Lipinski definition) is 5. The van der Waals surface area contributed by atoms with Crippen LogP contribution >= 0.6 is 0 Å². The van der Waals surface area contributed by atoms with E-state index in [1.165, 1.54) is 23.1 Å². The highest BCUT2D eigenvalue weighted by atomic mass is 32.2. The third kappa shape index (κ3) is 5.36. The predicted molar refractivity (Wildman–Crippen MR) is 159 cm³/mol. The number of carbonyl (C=O) groups excluding carboxylic acids is 1. The van der Waals surface area contributed by atoms with E-state index in [-0.39, 0.29) is 49.3 Å². The van der Waals surface area contributed by atoms with Crippen molar-refractivity contribution in [3.63, 3.8) is 0 Å². The Bertz CT molecular complexity index is 1820. The van der Waals surface area contributed by atoms with Gasteiger partial charge in [0.2, 0.25) is 5.91 Å². The maximum absolute atomic E-state index is 14.6. The second-order valence-corrected chi connectivity index (χ2v) is 14.7. The van der Waals surface area contributed by atoms with Gasteiger partial charge in [-0.1, -0.05) is 31.4 Å². The summed E-state index contributed by atoms with van der Waals surface area (Å²) >= 11 is 0. The highest BCUT2D eigenvalue weighted by Crippen LogP contribution is 2.54. The first-order chi connectivity index (χ1) is 22.2. The molecule has 3 aliphatic rings. The summed E-state index contributed by atoms with van der Waals surface area (Å²) in [4.78, 5) is 27.9. The Labute approximate surface area is 268 Å². The van der Waals surface area contributed by atoms with Gasteiger partial charge in [-0.3, -0.25) is 9.59 Å². The van der Waals surface area contributed by atoms with Crippen molar-refractivity contribution in [1.82, 2.24) is 4.90 Å². The molecule has 1 heterocycles. The summed E-state index contributed by atoms with van der Waals surface area (Å²) < 4.78 is 102. The van der Waals surface area contributed by atoms with E-state index in [2.05, 4.69) is 0 Å².